The minimum Gasteiger partial charge on any atom is -0.465 e. The minimum absolute atomic E-state index is 0.393. The lowest BCUT2D eigenvalue weighted by Gasteiger charge is -1.96. The van der Waals surface area contributed by atoms with Crippen LogP contribution >= 0.6 is 0 Å². The van der Waals surface area contributed by atoms with Crippen molar-refractivity contribution in [3.05, 3.63) is 29.8 Å². The van der Waals surface area contributed by atoms with E-state index < -0.39 is 5.97 Å². The molecule has 14 heavy (non-hydrogen) atoms. The molecule has 0 aliphatic heterocycles. The second-order valence-corrected chi connectivity index (χ2v) is 2.43. The van der Waals surface area contributed by atoms with E-state index in [-0.39, 0.29) is 0 Å². The summed E-state index contributed by atoms with van der Waals surface area (Å²) < 4.78 is 4.56. The molecule has 1 aromatic carbocycles. The zero-order valence-electron chi connectivity index (χ0n) is 7.97. The van der Waals surface area contributed by atoms with E-state index in [0.29, 0.717) is 11.3 Å². The van der Waals surface area contributed by atoms with E-state index >= 15 is 0 Å². The van der Waals surface area contributed by atoms with Gasteiger partial charge in [0.05, 0.1) is 12.7 Å². The summed E-state index contributed by atoms with van der Waals surface area (Å²) >= 11 is 0. The molecule has 0 aliphatic carbocycles. The van der Waals surface area contributed by atoms with Gasteiger partial charge in [-0.2, -0.15) is 0 Å². The first-order chi connectivity index (χ1) is 6.77. The van der Waals surface area contributed by atoms with E-state index in [2.05, 4.69) is 19.9 Å². The molecule has 0 N–H and O–H groups in total. The molecule has 1 rings (SSSR count). The lowest BCUT2D eigenvalue weighted by Crippen LogP contribution is -1.99. The van der Waals surface area contributed by atoms with E-state index in [1.807, 2.05) is 0 Å². The number of ether oxygens (including phenoxy) is 1. The SMILES string of the molecule is CN=[N+]=Nc1cccc(C(=O)OC)c1. The summed E-state index contributed by atoms with van der Waals surface area (Å²) in [7, 11) is 2.85. The predicted octanol–water partition coefficient (Wildman–Crippen LogP) is 1.71. The molecule has 0 radical (unpaired) electrons. The van der Waals surface area contributed by atoms with Crippen molar-refractivity contribution >= 4 is 11.7 Å². The summed E-state index contributed by atoms with van der Waals surface area (Å²) in [6, 6.07) is 6.66. The predicted molar refractivity (Wildman–Crippen MR) is 50.4 cm³/mol. The molecule has 5 heteroatoms. The van der Waals surface area contributed by atoms with E-state index in [9.17, 15) is 4.79 Å². The zero-order valence-corrected chi connectivity index (χ0v) is 7.97. The van der Waals surface area contributed by atoms with E-state index in [1.54, 1.807) is 24.3 Å². The van der Waals surface area contributed by atoms with Gasteiger partial charge in [-0.1, -0.05) is 6.07 Å². The molecule has 0 heterocycles. The molecule has 0 aromatic heterocycles. The van der Waals surface area contributed by atoms with Crippen LogP contribution in [0, 0.1) is 0 Å². The highest BCUT2D eigenvalue weighted by molar-refractivity contribution is 5.90. The Morgan fingerprint density at radius 2 is 2.29 bits per heavy atom. The molecule has 0 atom stereocenters. The van der Waals surface area contributed by atoms with Crippen LogP contribution in [-0.2, 0) is 4.74 Å². The molecule has 0 saturated heterocycles. The summed E-state index contributed by atoms with van der Waals surface area (Å²) in [6.45, 7) is 0. The summed E-state index contributed by atoms with van der Waals surface area (Å²) in [4.78, 5) is 14.6. The fraction of sp³-hybridized carbons (Fsp3) is 0.222. The van der Waals surface area contributed by atoms with Crippen molar-refractivity contribution in [2.45, 2.75) is 0 Å². The van der Waals surface area contributed by atoms with E-state index in [4.69, 9.17) is 0 Å². The summed E-state index contributed by atoms with van der Waals surface area (Å²) in [5.41, 5.74) is 1.01. The molecule has 0 spiro atoms. The number of carbonyl (C=O) groups is 1. The van der Waals surface area contributed by atoms with Crippen LogP contribution in [-0.4, -0.2) is 20.1 Å². The average Bonchev–Trinajstić information content (AvgIpc) is 2.25. The third-order valence-corrected chi connectivity index (χ3v) is 1.52. The van der Waals surface area contributed by atoms with Crippen LogP contribution in [0.5, 0.6) is 0 Å². The number of hydrogen-bond donors (Lipinski definition) is 0. The third-order valence-electron chi connectivity index (χ3n) is 1.52. The number of nitrogens with zero attached hydrogens (tertiary/aromatic N) is 3. The summed E-state index contributed by atoms with van der Waals surface area (Å²) in [5.74, 6) is -0.393. The molecular weight excluding hydrogens is 182 g/mol. The minimum atomic E-state index is -0.393. The normalized spacial score (nSPS) is 8.71. The van der Waals surface area contributed by atoms with Crippen molar-refractivity contribution in [1.82, 2.24) is 4.91 Å². The molecular formula is C9H10N3O2+. The molecule has 72 valence electrons. The van der Waals surface area contributed by atoms with Crippen LogP contribution in [0.3, 0.4) is 0 Å². The first-order valence-electron chi connectivity index (χ1n) is 3.96. The zero-order chi connectivity index (χ0) is 10.4. The van der Waals surface area contributed by atoms with Crippen molar-refractivity contribution in [3.63, 3.8) is 0 Å². The van der Waals surface area contributed by atoms with Gasteiger partial charge in [-0.15, -0.1) is 0 Å². The second kappa shape index (κ2) is 4.89. The van der Waals surface area contributed by atoms with Gasteiger partial charge < -0.3 is 4.74 Å². The lowest BCUT2D eigenvalue weighted by atomic mass is 10.2. The van der Waals surface area contributed by atoms with Crippen molar-refractivity contribution in [1.29, 1.82) is 0 Å². The van der Waals surface area contributed by atoms with Gasteiger partial charge in [-0.25, -0.2) is 4.79 Å². The van der Waals surface area contributed by atoms with Crippen molar-refractivity contribution in [3.8, 4) is 0 Å². The number of rotatable bonds is 2. The number of esters is 1. The summed E-state index contributed by atoms with van der Waals surface area (Å²) in [6.07, 6.45) is 0. The van der Waals surface area contributed by atoms with Crippen molar-refractivity contribution in [2.24, 2.45) is 10.2 Å². The Morgan fingerprint density at radius 1 is 1.50 bits per heavy atom. The molecule has 0 bridgehead atoms. The lowest BCUT2D eigenvalue weighted by molar-refractivity contribution is 0.0601. The molecule has 0 unspecified atom stereocenters. The number of benzene rings is 1. The fourth-order valence-corrected chi connectivity index (χ4v) is 0.909. The van der Waals surface area contributed by atoms with Gasteiger partial charge in [0.25, 0.3) is 0 Å². The Labute approximate surface area is 81.1 Å². The smallest absolute Gasteiger partial charge is 0.337 e. The fourth-order valence-electron chi connectivity index (χ4n) is 0.909. The second-order valence-electron chi connectivity index (χ2n) is 2.43. The highest BCUT2D eigenvalue weighted by Gasteiger charge is 2.06. The van der Waals surface area contributed by atoms with E-state index in [1.165, 1.54) is 14.2 Å². The van der Waals surface area contributed by atoms with Crippen LogP contribution in [0.1, 0.15) is 10.4 Å². The first kappa shape index (κ1) is 10.1. The molecule has 5 nitrogen and oxygen atoms in total. The standard InChI is InChI=1S/C9H10N3O2/c1-10-12-11-8-5-3-4-7(6-8)9(13)14-2/h3-6H,1-2H3/q+1. The maximum atomic E-state index is 11.1. The van der Waals surface area contributed by atoms with E-state index in [0.717, 1.165) is 0 Å². The Kier molecular flexibility index (Phi) is 3.52. The Balaban J connectivity index is 3.01. The van der Waals surface area contributed by atoms with Crippen LogP contribution < -0.4 is 4.91 Å². The third kappa shape index (κ3) is 2.50. The van der Waals surface area contributed by atoms with Crippen LogP contribution in [0.25, 0.3) is 0 Å². The van der Waals surface area contributed by atoms with Gasteiger partial charge in [-0.3, -0.25) is 0 Å². The molecule has 0 amide bonds. The monoisotopic (exact) mass is 192 g/mol. The van der Waals surface area contributed by atoms with Gasteiger partial charge in [0, 0.05) is 0 Å². The van der Waals surface area contributed by atoms with Gasteiger partial charge in [-0.05, 0) is 18.2 Å². The highest BCUT2D eigenvalue weighted by Crippen LogP contribution is 2.13. The average molecular weight is 192 g/mol. The summed E-state index contributed by atoms with van der Waals surface area (Å²) in [5, 5.41) is 7.22. The Morgan fingerprint density at radius 3 is 2.93 bits per heavy atom. The highest BCUT2D eigenvalue weighted by atomic mass is 16.5. The topological polar surface area (TPSA) is 65.1 Å². The first-order valence-corrected chi connectivity index (χ1v) is 3.96. The largest absolute Gasteiger partial charge is 0.465 e. The number of carbonyl (C=O) groups excluding carboxylic acids is 1. The van der Waals surface area contributed by atoms with Crippen LogP contribution in [0.4, 0.5) is 5.69 Å². The van der Waals surface area contributed by atoms with Gasteiger partial charge >= 0.3 is 5.97 Å². The number of methoxy groups -OCH3 is 1. The quantitative estimate of drug-likeness (QED) is 0.406. The molecule has 0 fully saturated rings. The molecule has 0 saturated carbocycles. The van der Waals surface area contributed by atoms with Crippen LogP contribution in [0.15, 0.2) is 34.5 Å². The van der Waals surface area contributed by atoms with Crippen molar-refractivity contribution < 1.29 is 9.53 Å². The maximum Gasteiger partial charge on any atom is 0.337 e. The van der Waals surface area contributed by atoms with Crippen LogP contribution in [0.2, 0.25) is 0 Å². The van der Waals surface area contributed by atoms with Gasteiger partial charge in [0.1, 0.15) is 12.2 Å². The Hall–Kier alpha value is -2.00. The number of hydrogen-bond acceptors (Lipinski definition) is 4. The Bertz CT molecular complexity index is 378. The van der Waals surface area contributed by atoms with Gasteiger partial charge in [0.2, 0.25) is 4.91 Å². The molecule has 1 aromatic rings. The molecule has 0 aliphatic rings. The van der Waals surface area contributed by atoms with Crippen molar-refractivity contribution in [2.75, 3.05) is 14.2 Å². The maximum absolute atomic E-state index is 11.1. The van der Waals surface area contributed by atoms with Gasteiger partial charge in [0.15, 0.2) is 10.8 Å².